The quantitative estimate of drug-likeness (QED) is 0.888. The molecule has 21 heavy (non-hydrogen) atoms. The highest BCUT2D eigenvalue weighted by atomic mass is 35.5. The molecule has 0 saturated carbocycles. The minimum absolute atomic E-state index is 0.254. The van der Waals surface area contributed by atoms with Crippen LogP contribution in [0.5, 0.6) is 5.75 Å². The summed E-state index contributed by atoms with van der Waals surface area (Å²) in [6.07, 6.45) is -4.71. The van der Waals surface area contributed by atoms with E-state index in [9.17, 15) is 13.2 Å². The van der Waals surface area contributed by atoms with E-state index in [4.69, 9.17) is 11.6 Å². The Bertz CT molecular complexity index is 629. The van der Waals surface area contributed by atoms with Crippen LogP contribution >= 0.6 is 11.6 Å². The zero-order valence-electron chi connectivity index (χ0n) is 11.2. The van der Waals surface area contributed by atoms with E-state index < -0.39 is 6.36 Å². The molecule has 0 amide bonds. The van der Waals surface area contributed by atoms with E-state index >= 15 is 0 Å². The first-order valence-corrected chi connectivity index (χ1v) is 6.56. The molecule has 0 aliphatic rings. The highest BCUT2D eigenvalue weighted by molar-refractivity contribution is 6.30. The largest absolute Gasteiger partial charge is 0.573 e. The van der Waals surface area contributed by atoms with Gasteiger partial charge in [-0.1, -0.05) is 29.8 Å². The van der Waals surface area contributed by atoms with Crippen molar-refractivity contribution < 1.29 is 17.9 Å². The van der Waals surface area contributed by atoms with Crippen LogP contribution in [0.3, 0.4) is 0 Å². The maximum atomic E-state index is 12.3. The zero-order valence-corrected chi connectivity index (χ0v) is 11.9. The zero-order chi connectivity index (χ0) is 15.5. The number of ether oxygens (including phenoxy) is 1. The lowest BCUT2D eigenvalue weighted by Gasteiger charge is -2.13. The van der Waals surface area contributed by atoms with E-state index in [1.165, 1.54) is 18.2 Å². The van der Waals surface area contributed by atoms with Gasteiger partial charge in [-0.05, 0) is 48.0 Å². The number of alkyl halides is 3. The third-order valence-corrected chi connectivity index (χ3v) is 3.05. The Morgan fingerprint density at radius 1 is 1.14 bits per heavy atom. The SMILES string of the molecule is CNCc1ccc(Cl)cc1-c1cccc(OC(F)(F)F)c1. The van der Waals surface area contributed by atoms with Crippen LogP contribution in [0.1, 0.15) is 5.56 Å². The molecule has 0 saturated heterocycles. The lowest BCUT2D eigenvalue weighted by atomic mass is 9.99. The van der Waals surface area contributed by atoms with E-state index in [2.05, 4.69) is 10.1 Å². The molecular weight excluding hydrogens is 303 g/mol. The summed E-state index contributed by atoms with van der Waals surface area (Å²) in [6, 6.07) is 11.1. The summed E-state index contributed by atoms with van der Waals surface area (Å²) in [5, 5.41) is 3.53. The Morgan fingerprint density at radius 2 is 1.90 bits per heavy atom. The van der Waals surface area contributed by atoms with Crippen LogP contribution in [0.15, 0.2) is 42.5 Å². The van der Waals surface area contributed by atoms with Gasteiger partial charge in [-0.25, -0.2) is 0 Å². The summed E-state index contributed by atoms with van der Waals surface area (Å²) in [5.74, 6) is -0.254. The third-order valence-electron chi connectivity index (χ3n) is 2.82. The summed E-state index contributed by atoms with van der Waals surface area (Å²) in [5.41, 5.74) is 2.32. The lowest BCUT2D eigenvalue weighted by molar-refractivity contribution is -0.274. The highest BCUT2D eigenvalue weighted by Crippen LogP contribution is 2.31. The minimum Gasteiger partial charge on any atom is -0.406 e. The number of benzene rings is 2. The fourth-order valence-electron chi connectivity index (χ4n) is 2.02. The third kappa shape index (κ3) is 4.37. The molecule has 0 unspecified atom stereocenters. The molecule has 0 atom stereocenters. The number of nitrogens with one attached hydrogen (secondary N) is 1. The van der Waals surface area contributed by atoms with E-state index in [1.807, 2.05) is 6.07 Å². The molecular formula is C15H13ClF3NO. The van der Waals surface area contributed by atoms with Gasteiger partial charge in [0.05, 0.1) is 0 Å². The van der Waals surface area contributed by atoms with Gasteiger partial charge in [-0.2, -0.15) is 0 Å². The Labute approximate surface area is 125 Å². The van der Waals surface area contributed by atoms with E-state index in [0.29, 0.717) is 17.1 Å². The predicted molar refractivity (Wildman–Crippen MR) is 76.3 cm³/mol. The first-order valence-electron chi connectivity index (χ1n) is 6.18. The van der Waals surface area contributed by atoms with Gasteiger partial charge in [0.2, 0.25) is 0 Å². The average Bonchev–Trinajstić information content (AvgIpc) is 2.39. The first kappa shape index (κ1) is 15.7. The number of halogens is 4. The summed E-state index contributed by atoms with van der Waals surface area (Å²) in [6.45, 7) is 0.580. The second-order valence-corrected chi connectivity index (χ2v) is 4.84. The molecule has 0 heterocycles. The molecule has 0 aliphatic carbocycles. The van der Waals surface area contributed by atoms with Crippen molar-refractivity contribution in [2.75, 3.05) is 7.05 Å². The van der Waals surface area contributed by atoms with E-state index in [1.54, 1.807) is 25.2 Å². The lowest BCUT2D eigenvalue weighted by Crippen LogP contribution is -2.17. The number of rotatable bonds is 4. The second kappa shape index (κ2) is 6.37. The molecule has 2 aromatic rings. The number of hydrogen-bond donors (Lipinski definition) is 1. The van der Waals surface area contributed by atoms with Crippen LogP contribution in [0, 0.1) is 0 Å². The monoisotopic (exact) mass is 315 g/mol. The van der Waals surface area contributed by atoms with Gasteiger partial charge in [0.15, 0.2) is 0 Å². The fourth-order valence-corrected chi connectivity index (χ4v) is 2.19. The van der Waals surface area contributed by atoms with Crippen LogP contribution in [0.2, 0.25) is 5.02 Å². The van der Waals surface area contributed by atoms with Crippen molar-refractivity contribution in [2.24, 2.45) is 0 Å². The van der Waals surface area contributed by atoms with Crippen molar-refractivity contribution in [1.29, 1.82) is 0 Å². The molecule has 0 fully saturated rings. The minimum atomic E-state index is -4.71. The molecule has 2 aromatic carbocycles. The van der Waals surface area contributed by atoms with Crippen molar-refractivity contribution in [2.45, 2.75) is 12.9 Å². The second-order valence-electron chi connectivity index (χ2n) is 4.41. The Hall–Kier alpha value is -1.72. The Balaban J connectivity index is 2.42. The Morgan fingerprint density at radius 3 is 2.57 bits per heavy atom. The smallest absolute Gasteiger partial charge is 0.406 e. The normalized spacial score (nSPS) is 11.5. The predicted octanol–water partition coefficient (Wildman–Crippen LogP) is 4.63. The van der Waals surface area contributed by atoms with E-state index in [-0.39, 0.29) is 5.75 Å². The molecule has 0 spiro atoms. The molecule has 2 nitrogen and oxygen atoms in total. The molecule has 0 aromatic heterocycles. The maximum absolute atomic E-state index is 12.3. The molecule has 2 rings (SSSR count). The number of hydrogen-bond acceptors (Lipinski definition) is 2. The van der Waals surface area contributed by atoms with Crippen molar-refractivity contribution in [1.82, 2.24) is 5.32 Å². The topological polar surface area (TPSA) is 21.3 Å². The van der Waals surface area contributed by atoms with Gasteiger partial charge < -0.3 is 10.1 Å². The molecule has 0 bridgehead atoms. The standard InChI is InChI=1S/C15H13ClF3NO/c1-20-9-11-5-6-12(16)8-14(11)10-3-2-4-13(7-10)21-15(17,18)19/h2-8,20H,9H2,1H3. The van der Waals surface area contributed by atoms with Crippen LogP contribution in [-0.2, 0) is 6.54 Å². The first-order chi connectivity index (χ1) is 9.89. The summed E-state index contributed by atoms with van der Waals surface area (Å²) < 4.78 is 40.8. The van der Waals surface area contributed by atoms with Gasteiger partial charge in [-0.3, -0.25) is 0 Å². The maximum Gasteiger partial charge on any atom is 0.573 e. The van der Waals surface area contributed by atoms with Crippen LogP contribution in [0.25, 0.3) is 11.1 Å². The van der Waals surface area contributed by atoms with Gasteiger partial charge in [0.1, 0.15) is 5.75 Å². The summed E-state index contributed by atoms with van der Waals surface area (Å²) in [7, 11) is 1.79. The van der Waals surface area contributed by atoms with E-state index in [0.717, 1.165) is 11.1 Å². The van der Waals surface area contributed by atoms with Gasteiger partial charge in [0.25, 0.3) is 0 Å². The van der Waals surface area contributed by atoms with Crippen LogP contribution in [-0.4, -0.2) is 13.4 Å². The molecule has 0 aliphatic heterocycles. The molecule has 6 heteroatoms. The molecule has 112 valence electrons. The van der Waals surface area contributed by atoms with Gasteiger partial charge in [-0.15, -0.1) is 13.2 Å². The molecule has 0 radical (unpaired) electrons. The van der Waals surface area contributed by atoms with Crippen LogP contribution < -0.4 is 10.1 Å². The van der Waals surface area contributed by atoms with Crippen molar-refractivity contribution in [3.8, 4) is 16.9 Å². The van der Waals surface area contributed by atoms with Gasteiger partial charge in [0, 0.05) is 11.6 Å². The van der Waals surface area contributed by atoms with Crippen molar-refractivity contribution in [3.05, 3.63) is 53.1 Å². The molecule has 1 N–H and O–H groups in total. The fraction of sp³-hybridized carbons (Fsp3) is 0.200. The van der Waals surface area contributed by atoms with Crippen LogP contribution in [0.4, 0.5) is 13.2 Å². The van der Waals surface area contributed by atoms with Crippen molar-refractivity contribution in [3.63, 3.8) is 0 Å². The van der Waals surface area contributed by atoms with Crippen molar-refractivity contribution >= 4 is 11.6 Å². The van der Waals surface area contributed by atoms with Gasteiger partial charge >= 0.3 is 6.36 Å². The summed E-state index contributed by atoms with van der Waals surface area (Å²) >= 11 is 5.98. The average molecular weight is 316 g/mol. The summed E-state index contributed by atoms with van der Waals surface area (Å²) in [4.78, 5) is 0. The Kier molecular flexibility index (Phi) is 4.75. The highest BCUT2D eigenvalue weighted by Gasteiger charge is 2.31.